The van der Waals surface area contributed by atoms with E-state index in [2.05, 4.69) is 11.8 Å². The van der Waals surface area contributed by atoms with Crippen LogP contribution in [0.5, 0.6) is 5.75 Å². The molecule has 0 aromatic heterocycles. The van der Waals surface area contributed by atoms with E-state index >= 15 is 0 Å². The fourth-order valence-corrected chi connectivity index (χ4v) is 3.12. The summed E-state index contributed by atoms with van der Waals surface area (Å²) in [5.41, 5.74) is 0.271. The molecular weight excluding hydrogens is 326 g/mol. The van der Waals surface area contributed by atoms with Crippen molar-refractivity contribution in [2.45, 2.75) is 25.9 Å². The van der Waals surface area contributed by atoms with E-state index in [1.54, 1.807) is 0 Å². The van der Waals surface area contributed by atoms with Gasteiger partial charge < -0.3 is 14.4 Å². The summed E-state index contributed by atoms with van der Waals surface area (Å²) in [4.78, 5) is 14.1. The Morgan fingerprint density at radius 3 is 2.15 bits per heavy atom. The van der Waals surface area contributed by atoms with Crippen molar-refractivity contribution in [3.63, 3.8) is 0 Å². The minimum absolute atomic E-state index is 0.0195. The van der Waals surface area contributed by atoms with Gasteiger partial charge in [0.15, 0.2) is 0 Å². The Morgan fingerprint density at radius 1 is 1.04 bits per heavy atom. The van der Waals surface area contributed by atoms with Gasteiger partial charge in [0, 0.05) is 25.8 Å². The van der Waals surface area contributed by atoms with Crippen molar-refractivity contribution in [1.29, 1.82) is 0 Å². The van der Waals surface area contributed by atoms with Gasteiger partial charge in [0.2, 0.25) is 0 Å². The van der Waals surface area contributed by atoms with Crippen LogP contribution >= 0.6 is 0 Å². The molecule has 0 saturated carbocycles. The number of rotatable bonds is 9. The van der Waals surface area contributed by atoms with Crippen molar-refractivity contribution >= 4 is 5.97 Å². The number of carbonyl (C=O) groups is 1. The molecule has 0 amide bonds. The zero-order chi connectivity index (χ0) is 19.0. The maximum atomic E-state index is 12.0. The zero-order valence-electron chi connectivity index (χ0n) is 16.1. The first-order valence-corrected chi connectivity index (χ1v) is 9.02. The molecule has 0 radical (unpaired) electrons. The first-order valence-electron chi connectivity index (χ1n) is 9.02. The molecule has 2 atom stereocenters. The van der Waals surface area contributed by atoms with Crippen LogP contribution in [0, 0.1) is 5.92 Å². The van der Waals surface area contributed by atoms with Gasteiger partial charge in [-0.15, -0.1) is 0 Å². The quantitative estimate of drug-likeness (QED) is 0.635. The lowest BCUT2D eigenvalue weighted by Gasteiger charge is -2.39. The fraction of sp³-hybridized carbons (Fsp3) is 0.409. The summed E-state index contributed by atoms with van der Waals surface area (Å²) >= 11 is 0. The van der Waals surface area contributed by atoms with Gasteiger partial charge in [-0.05, 0) is 31.8 Å². The highest BCUT2D eigenvalue weighted by atomic mass is 16.6. The van der Waals surface area contributed by atoms with Crippen LogP contribution in [0.2, 0.25) is 0 Å². The van der Waals surface area contributed by atoms with E-state index in [0.717, 1.165) is 17.9 Å². The molecule has 0 aliphatic carbocycles. The SMILES string of the molecule is CC(=O)OC(CCN(C)C)(c1ccccc1)C(C)COc1ccccc1. The molecule has 2 unspecified atom stereocenters. The molecule has 140 valence electrons. The topological polar surface area (TPSA) is 38.8 Å². The second kappa shape index (κ2) is 9.39. The molecule has 0 heterocycles. The minimum atomic E-state index is -0.730. The van der Waals surface area contributed by atoms with Crippen molar-refractivity contribution in [3.8, 4) is 5.75 Å². The number of para-hydroxylation sites is 1. The third-order valence-electron chi connectivity index (χ3n) is 4.56. The zero-order valence-corrected chi connectivity index (χ0v) is 16.1. The second-order valence-corrected chi connectivity index (χ2v) is 6.93. The average molecular weight is 355 g/mol. The van der Waals surface area contributed by atoms with E-state index in [-0.39, 0.29) is 11.9 Å². The summed E-state index contributed by atoms with van der Waals surface area (Å²) in [6.45, 7) is 4.81. The molecule has 4 heteroatoms. The highest BCUT2D eigenvalue weighted by molar-refractivity contribution is 5.67. The van der Waals surface area contributed by atoms with Gasteiger partial charge in [0.05, 0.1) is 6.61 Å². The van der Waals surface area contributed by atoms with Crippen LogP contribution in [0.3, 0.4) is 0 Å². The van der Waals surface area contributed by atoms with Gasteiger partial charge in [0.25, 0.3) is 0 Å². The van der Waals surface area contributed by atoms with Gasteiger partial charge in [-0.25, -0.2) is 0 Å². The Labute approximate surface area is 156 Å². The summed E-state index contributed by atoms with van der Waals surface area (Å²) in [5, 5.41) is 0. The molecule has 0 spiro atoms. The van der Waals surface area contributed by atoms with E-state index in [4.69, 9.17) is 9.47 Å². The van der Waals surface area contributed by atoms with Crippen molar-refractivity contribution < 1.29 is 14.3 Å². The molecule has 4 nitrogen and oxygen atoms in total. The van der Waals surface area contributed by atoms with Crippen LogP contribution in [-0.2, 0) is 15.1 Å². The highest BCUT2D eigenvalue weighted by Gasteiger charge is 2.41. The lowest BCUT2D eigenvalue weighted by Crippen LogP contribution is -2.43. The summed E-state index contributed by atoms with van der Waals surface area (Å²) in [6, 6.07) is 19.7. The Hall–Kier alpha value is -2.33. The van der Waals surface area contributed by atoms with Crippen LogP contribution in [0.1, 0.15) is 25.8 Å². The molecule has 0 saturated heterocycles. The van der Waals surface area contributed by atoms with Gasteiger partial charge >= 0.3 is 5.97 Å². The minimum Gasteiger partial charge on any atom is -0.493 e. The Balaban J connectivity index is 2.30. The lowest BCUT2D eigenvalue weighted by molar-refractivity contribution is -0.168. The first kappa shape index (κ1) is 20.0. The number of benzene rings is 2. The Morgan fingerprint density at radius 2 is 1.62 bits per heavy atom. The van der Waals surface area contributed by atoms with E-state index in [0.29, 0.717) is 13.0 Å². The number of ether oxygens (including phenoxy) is 2. The first-order chi connectivity index (χ1) is 12.4. The summed E-state index contributed by atoms with van der Waals surface area (Å²) in [6.07, 6.45) is 0.697. The van der Waals surface area contributed by atoms with E-state index in [1.807, 2.05) is 74.8 Å². The molecule has 0 aliphatic heterocycles. The third kappa shape index (κ3) is 5.33. The summed E-state index contributed by atoms with van der Waals surface area (Å²) in [7, 11) is 4.04. The second-order valence-electron chi connectivity index (χ2n) is 6.93. The number of hydrogen-bond acceptors (Lipinski definition) is 4. The summed E-state index contributed by atoms with van der Waals surface area (Å²) in [5.74, 6) is 0.518. The standard InChI is InChI=1S/C22H29NO3/c1-18(17-25-21-13-9-6-10-14-21)22(26-19(2)24,15-16-23(3)4)20-11-7-5-8-12-20/h5-14,18H,15-17H2,1-4H3. The monoisotopic (exact) mass is 355 g/mol. The van der Waals surface area contributed by atoms with Crippen LogP contribution in [0.25, 0.3) is 0 Å². The van der Waals surface area contributed by atoms with Gasteiger partial charge in [0.1, 0.15) is 11.4 Å². The molecule has 0 N–H and O–H groups in total. The number of esters is 1. The lowest BCUT2D eigenvalue weighted by atomic mass is 9.79. The Bertz CT molecular complexity index is 672. The predicted molar refractivity (Wildman–Crippen MR) is 104 cm³/mol. The van der Waals surface area contributed by atoms with Crippen molar-refractivity contribution in [2.24, 2.45) is 5.92 Å². The van der Waals surface area contributed by atoms with Gasteiger partial charge in [-0.1, -0.05) is 55.5 Å². The van der Waals surface area contributed by atoms with E-state index in [1.165, 1.54) is 6.92 Å². The third-order valence-corrected chi connectivity index (χ3v) is 4.56. The molecule has 0 fully saturated rings. The molecule has 2 aromatic carbocycles. The number of carbonyl (C=O) groups excluding carboxylic acids is 1. The molecule has 2 rings (SSSR count). The average Bonchev–Trinajstić information content (AvgIpc) is 2.64. The van der Waals surface area contributed by atoms with Crippen LogP contribution in [0.15, 0.2) is 60.7 Å². The fourth-order valence-electron chi connectivity index (χ4n) is 3.12. The maximum absolute atomic E-state index is 12.0. The van der Waals surface area contributed by atoms with Crippen LogP contribution in [0.4, 0.5) is 0 Å². The largest absolute Gasteiger partial charge is 0.493 e. The molecule has 2 aromatic rings. The number of nitrogens with zero attached hydrogens (tertiary/aromatic N) is 1. The van der Waals surface area contributed by atoms with Gasteiger partial charge in [-0.2, -0.15) is 0 Å². The van der Waals surface area contributed by atoms with Gasteiger partial charge in [-0.3, -0.25) is 4.79 Å². The predicted octanol–water partition coefficient (Wildman–Crippen LogP) is 4.11. The summed E-state index contributed by atoms with van der Waals surface area (Å²) < 4.78 is 12.0. The Kier molecular flexibility index (Phi) is 7.22. The number of hydrogen-bond donors (Lipinski definition) is 0. The van der Waals surface area contributed by atoms with E-state index < -0.39 is 5.60 Å². The van der Waals surface area contributed by atoms with Crippen molar-refractivity contribution in [1.82, 2.24) is 4.90 Å². The van der Waals surface area contributed by atoms with Crippen molar-refractivity contribution in [2.75, 3.05) is 27.2 Å². The molecular formula is C22H29NO3. The van der Waals surface area contributed by atoms with Crippen molar-refractivity contribution in [3.05, 3.63) is 66.2 Å². The normalized spacial score (nSPS) is 14.5. The molecule has 0 bridgehead atoms. The molecule has 26 heavy (non-hydrogen) atoms. The molecule has 0 aliphatic rings. The van der Waals surface area contributed by atoms with Crippen LogP contribution in [-0.4, -0.2) is 38.1 Å². The smallest absolute Gasteiger partial charge is 0.303 e. The van der Waals surface area contributed by atoms with Crippen LogP contribution < -0.4 is 4.74 Å². The maximum Gasteiger partial charge on any atom is 0.303 e. The highest BCUT2D eigenvalue weighted by Crippen LogP contribution is 2.38. The van der Waals surface area contributed by atoms with E-state index in [9.17, 15) is 4.79 Å².